The van der Waals surface area contributed by atoms with Gasteiger partial charge in [0.2, 0.25) is 0 Å². The van der Waals surface area contributed by atoms with Gasteiger partial charge in [-0.05, 0) is 47.0 Å². The van der Waals surface area contributed by atoms with Gasteiger partial charge in [-0.1, -0.05) is 18.5 Å². The Morgan fingerprint density at radius 1 is 1.44 bits per heavy atom. The number of hydrogen-bond donors (Lipinski definition) is 1. The first-order valence-electron chi connectivity index (χ1n) is 5.63. The van der Waals surface area contributed by atoms with Gasteiger partial charge in [0, 0.05) is 23.0 Å². The zero-order valence-corrected chi connectivity index (χ0v) is 12.6. The molecule has 0 saturated heterocycles. The Morgan fingerprint density at radius 2 is 2.11 bits per heavy atom. The summed E-state index contributed by atoms with van der Waals surface area (Å²) < 4.78 is 0.755. The Labute approximate surface area is 120 Å². The SMILES string of the molecule is CC(=O)CC(C)CNC(=O)c1ccc(Br)c(Cl)c1. The molecule has 0 heterocycles. The highest BCUT2D eigenvalue weighted by Gasteiger charge is 2.10. The second-order valence-corrected chi connectivity index (χ2v) is 5.61. The first-order valence-corrected chi connectivity index (χ1v) is 6.80. The molecule has 1 unspecified atom stereocenters. The molecule has 0 aromatic heterocycles. The second kappa shape index (κ2) is 6.90. The molecule has 0 radical (unpaired) electrons. The van der Waals surface area contributed by atoms with Crippen molar-refractivity contribution >= 4 is 39.2 Å². The lowest BCUT2D eigenvalue weighted by molar-refractivity contribution is -0.117. The Bertz CT molecular complexity index is 462. The normalized spacial score (nSPS) is 12.0. The van der Waals surface area contributed by atoms with Gasteiger partial charge in [-0.25, -0.2) is 0 Å². The van der Waals surface area contributed by atoms with E-state index in [1.807, 2.05) is 6.92 Å². The van der Waals surface area contributed by atoms with E-state index < -0.39 is 0 Å². The molecular weight excluding hydrogens is 318 g/mol. The molecule has 0 aliphatic carbocycles. The third-order valence-electron chi connectivity index (χ3n) is 2.43. The third kappa shape index (κ3) is 4.78. The fourth-order valence-corrected chi connectivity index (χ4v) is 2.00. The van der Waals surface area contributed by atoms with Crippen molar-refractivity contribution in [3.8, 4) is 0 Å². The largest absolute Gasteiger partial charge is 0.352 e. The van der Waals surface area contributed by atoms with Crippen LogP contribution in [-0.4, -0.2) is 18.2 Å². The number of Topliss-reactive ketones (excluding diaryl/α,β-unsaturated/α-hetero) is 1. The molecule has 3 nitrogen and oxygen atoms in total. The molecule has 0 fully saturated rings. The molecule has 0 aliphatic heterocycles. The number of ketones is 1. The first-order chi connectivity index (χ1) is 8.40. The third-order valence-corrected chi connectivity index (χ3v) is 3.66. The molecule has 18 heavy (non-hydrogen) atoms. The molecule has 1 rings (SSSR count). The standard InChI is InChI=1S/C13H15BrClNO2/c1-8(5-9(2)17)7-16-13(18)10-3-4-11(14)12(15)6-10/h3-4,6,8H,5,7H2,1-2H3,(H,16,18). The van der Waals surface area contributed by atoms with Crippen LogP contribution in [0, 0.1) is 5.92 Å². The van der Waals surface area contributed by atoms with Gasteiger partial charge in [0.25, 0.3) is 5.91 Å². The van der Waals surface area contributed by atoms with Crippen LogP contribution in [0.25, 0.3) is 0 Å². The van der Waals surface area contributed by atoms with Gasteiger partial charge >= 0.3 is 0 Å². The topological polar surface area (TPSA) is 46.2 Å². The van der Waals surface area contributed by atoms with Crippen molar-refractivity contribution in [2.45, 2.75) is 20.3 Å². The molecule has 98 valence electrons. The Hall–Kier alpha value is -0.870. The van der Waals surface area contributed by atoms with E-state index in [1.54, 1.807) is 25.1 Å². The van der Waals surface area contributed by atoms with E-state index in [0.29, 0.717) is 23.6 Å². The van der Waals surface area contributed by atoms with Crippen molar-refractivity contribution in [2.24, 2.45) is 5.92 Å². The highest BCUT2D eigenvalue weighted by Crippen LogP contribution is 2.23. The maximum Gasteiger partial charge on any atom is 0.251 e. The number of carbonyl (C=O) groups excluding carboxylic acids is 2. The molecule has 5 heteroatoms. The monoisotopic (exact) mass is 331 g/mol. The molecule has 0 bridgehead atoms. The van der Waals surface area contributed by atoms with Gasteiger partial charge in [-0.2, -0.15) is 0 Å². The lowest BCUT2D eigenvalue weighted by atomic mass is 10.1. The summed E-state index contributed by atoms with van der Waals surface area (Å²) >= 11 is 9.18. The van der Waals surface area contributed by atoms with Crippen molar-refractivity contribution in [3.05, 3.63) is 33.3 Å². The number of rotatable bonds is 5. The van der Waals surface area contributed by atoms with Crippen LogP contribution in [0.3, 0.4) is 0 Å². The van der Waals surface area contributed by atoms with E-state index in [4.69, 9.17) is 11.6 Å². The highest BCUT2D eigenvalue weighted by atomic mass is 79.9. The Balaban J connectivity index is 2.55. The minimum Gasteiger partial charge on any atom is -0.352 e. The first kappa shape index (κ1) is 15.2. The summed E-state index contributed by atoms with van der Waals surface area (Å²) in [6.45, 7) is 3.95. The summed E-state index contributed by atoms with van der Waals surface area (Å²) in [4.78, 5) is 22.7. The number of halogens is 2. The van der Waals surface area contributed by atoms with Crippen LogP contribution < -0.4 is 5.32 Å². The molecule has 0 saturated carbocycles. The fourth-order valence-electron chi connectivity index (χ4n) is 1.57. The average molecular weight is 333 g/mol. The van der Waals surface area contributed by atoms with E-state index in [2.05, 4.69) is 21.2 Å². The minimum absolute atomic E-state index is 0.128. The predicted molar refractivity (Wildman–Crippen MR) is 75.9 cm³/mol. The van der Waals surface area contributed by atoms with Crippen LogP contribution in [0.2, 0.25) is 5.02 Å². The smallest absolute Gasteiger partial charge is 0.251 e. The summed E-state index contributed by atoms with van der Waals surface area (Å²) in [7, 11) is 0. The van der Waals surface area contributed by atoms with Crippen LogP contribution in [0.4, 0.5) is 0 Å². The van der Waals surface area contributed by atoms with Gasteiger partial charge in [-0.3, -0.25) is 4.79 Å². The molecule has 1 aromatic carbocycles. The summed E-state index contributed by atoms with van der Waals surface area (Å²) in [5.74, 6) is 0.0839. The summed E-state index contributed by atoms with van der Waals surface area (Å²) in [5, 5.41) is 3.29. The number of nitrogens with one attached hydrogen (secondary N) is 1. The summed E-state index contributed by atoms with van der Waals surface area (Å²) in [6.07, 6.45) is 0.474. The van der Waals surface area contributed by atoms with Gasteiger partial charge < -0.3 is 10.1 Å². The Morgan fingerprint density at radius 3 is 2.67 bits per heavy atom. The molecule has 1 N–H and O–H groups in total. The van der Waals surface area contributed by atoms with E-state index in [1.165, 1.54) is 0 Å². The molecule has 1 aromatic rings. The van der Waals surface area contributed by atoms with E-state index in [-0.39, 0.29) is 17.6 Å². The zero-order chi connectivity index (χ0) is 13.7. The number of benzene rings is 1. The molecule has 1 atom stereocenters. The van der Waals surface area contributed by atoms with Crippen LogP contribution in [0.5, 0.6) is 0 Å². The summed E-state index contributed by atoms with van der Waals surface area (Å²) in [6, 6.07) is 5.04. The number of amides is 1. The predicted octanol–water partition coefficient (Wildman–Crippen LogP) is 3.45. The average Bonchev–Trinajstić information content (AvgIpc) is 2.28. The van der Waals surface area contributed by atoms with Crippen LogP contribution >= 0.6 is 27.5 Å². The van der Waals surface area contributed by atoms with E-state index >= 15 is 0 Å². The van der Waals surface area contributed by atoms with Crippen LogP contribution in [-0.2, 0) is 4.79 Å². The minimum atomic E-state index is -0.181. The maximum atomic E-state index is 11.8. The number of carbonyl (C=O) groups is 2. The molecule has 0 aliphatic rings. The maximum absolute atomic E-state index is 11.8. The van der Waals surface area contributed by atoms with Gasteiger partial charge in [0.05, 0.1) is 5.02 Å². The van der Waals surface area contributed by atoms with Gasteiger partial charge in [0.1, 0.15) is 5.78 Å². The van der Waals surface area contributed by atoms with Crippen molar-refractivity contribution in [2.75, 3.05) is 6.54 Å². The molecule has 0 spiro atoms. The zero-order valence-electron chi connectivity index (χ0n) is 10.3. The van der Waals surface area contributed by atoms with Crippen molar-refractivity contribution in [1.29, 1.82) is 0 Å². The lowest BCUT2D eigenvalue weighted by Gasteiger charge is -2.11. The van der Waals surface area contributed by atoms with Gasteiger partial charge in [-0.15, -0.1) is 0 Å². The van der Waals surface area contributed by atoms with Crippen molar-refractivity contribution in [3.63, 3.8) is 0 Å². The highest BCUT2D eigenvalue weighted by molar-refractivity contribution is 9.10. The van der Waals surface area contributed by atoms with Crippen molar-refractivity contribution in [1.82, 2.24) is 5.32 Å². The van der Waals surface area contributed by atoms with Gasteiger partial charge in [0.15, 0.2) is 0 Å². The quantitative estimate of drug-likeness (QED) is 0.897. The lowest BCUT2D eigenvalue weighted by Crippen LogP contribution is -2.28. The molecule has 1 amide bonds. The second-order valence-electron chi connectivity index (χ2n) is 4.35. The summed E-state index contributed by atoms with van der Waals surface area (Å²) in [5.41, 5.74) is 0.512. The fraction of sp³-hybridized carbons (Fsp3) is 0.385. The molecular formula is C13H15BrClNO2. The van der Waals surface area contributed by atoms with Crippen molar-refractivity contribution < 1.29 is 9.59 Å². The van der Waals surface area contributed by atoms with E-state index in [0.717, 1.165) is 4.47 Å². The van der Waals surface area contributed by atoms with Crippen LogP contribution in [0.1, 0.15) is 30.6 Å². The number of hydrogen-bond acceptors (Lipinski definition) is 2. The van der Waals surface area contributed by atoms with E-state index in [9.17, 15) is 9.59 Å². The van der Waals surface area contributed by atoms with Crippen LogP contribution in [0.15, 0.2) is 22.7 Å². The Kier molecular flexibility index (Phi) is 5.82.